The molecule has 0 atom stereocenters. The van der Waals surface area contributed by atoms with Crippen molar-refractivity contribution >= 4 is 33.4 Å². The molecule has 0 spiro atoms. The van der Waals surface area contributed by atoms with E-state index in [9.17, 15) is 13.2 Å². The topological polar surface area (TPSA) is 106 Å². The number of amides is 1. The van der Waals surface area contributed by atoms with Gasteiger partial charge in [0.15, 0.2) is 0 Å². The number of likely N-dealkylation sites (N-methyl/N-ethyl adjacent to an activating group) is 1. The van der Waals surface area contributed by atoms with E-state index >= 15 is 0 Å². The predicted octanol–water partition coefficient (Wildman–Crippen LogP) is 0.108. The van der Waals surface area contributed by atoms with Gasteiger partial charge in [0.05, 0.1) is 12.3 Å². The van der Waals surface area contributed by atoms with Gasteiger partial charge in [0, 0.05) is 23.4 Å². The van der Waals surface area contributed by atoms with Crippen LogP contribution in [0.5, 0.6) is 0 Å². The lowest BCUT2D eigenvalue weighted by atomic mass is 10.3. The Kier molecular flexibility index (Phi) is 5.64. The van der Waals surface area contributed by atoms with Crippen LogP contribution in [0, 0.1) is 0 Å². The van der Waals surface area contributed by atoms with Crippen molar-refractivity contribution in [2.75, 3.05) is 30.8 Å². The molecule has 0 aromatic heterocycles. The number of anilines is 1. The second-order valence-corrected chi connectivity index (χ2v) is 7.32. The number of hydrogen-bond donors (Lipinski definition) is 2. The fourth-order valence-electron chi connectivity index (χ4n) is 1.34. The Bertz CT molecular complexity index is 546. The van der Waals surface area contributed by atoms with Gasteiger partial charge in [-0.15, -0.1) is 11.8 Å². The summed E-state index contributed by atoms with van der Waals surface area (Å²) < 4.78 is 24.6. The minimum Gasteiger partial charge on any atom is -0.399 e. The van der Waals surface area contributed by atoms with Crippen molar-refractivity contribution in [2.24, 2.45) is 5.73 Å². The van der Waals surface area contributed by atoms with Crippen LogP contribution in [-0.4, -0.2) is 43.7 Å². The normalized spacial score (nSPS) is 11.7. The molecule has 0 aliphatic carbocycles. The summed E-state index contributed by atoms with van der Waals surface area (Å²) in [6, 6.07) is 7.22. The molecule has 106 valence electrons. The van der Waals surface area contributed by atoms with Crippen LogP contribution in [0.4, 0.5) is 5.69 Å². The van der Waals surface area contributed by atoms with Gasteiger partial charge in [0.1, 0.15) is 0 Å². The molecule has 6 nitrogen and oxygen atoms in total. The third-order valence-electron chi connectivity index (χ3n) is 2.32. The molecule has 0 saturated carbocycles. The van der Waals surface area contributed by atoms with Gasteiger partial charge in [-0.2, -0.15) is 4.31 Å². The van der Waals surface area contributed by atoms with Crippen LogP contribution in [0.15, 0.2) is 29.2 Å². The van der Waals surface area contributed by atoms with E-state index in [1.807, 2.05) is 12.1 Å². The standard InChI is InChI=1S/C11H17N3O3S2/c1-14(8-11(13)15)19(16,17)6-5-18-10-4-2-3-9(12)7-10/h2-4,7H,5-6,8,12H2,1H3,(H2,13,15). The molecular formula is C11H17N3O3S2. The van der Waals surface area contributed by atoms with Crippen molar-refractivity contribution in [3.8, 4) is 0 Å². The number of primary amides is 1. The van der Waals surface area contributed by atoms with E-state index in [0.717, 1.165) is 9.20 Å². The summed E-state index contributed by atoms with van der Waals surface area (Å²) in [7, 11) is -2.12. The number of nitrogens with zero attached hydrogens (tertiary/aromatic N) is 1. The molecule has 0 saturated heterocycles. The first-order valence-electron chi connectivity index (χ1n) is 5.52. The number of sulfonamides is 1. The summed E-state index contributed by atoms with van der Waals surface area (Å²) in [5, 5.41) is 0. The van der Waals surface area contributed by atoms with Crippen LogP contribution < -0.4 is 11.5 Å². The Morgan fingerprint density at radius 1 is 1.42 bits per heavy atom. The lowest BCUT2D eigenvalue weighted by Gasteiger charge is -2.14. The number of benzene rings is 1. The molecule has 0 aliphatic heterocycles. The molecule has 0 radical (unpaired) electrons. The molecule has 0 aliphatic rings. The molecule has 1 aromatic rings. The van der Waals surface area contributed by atoms with Crippen LogP contribution in [-0.2, 0) is 14.8 Å². The highest BCUT2D eigenvalue weighted by molar-refractivity contribution is 8.00. The molecule has 1 amide bonds. The Labute approximate surface area is 117 Å². The lowest BCUT2D eigenvalue weighted by molar-refractivity contribution is -0.118. The van der Waals surface area contributed by atoms with Gasteiger partial charge in [-0.3, -0.25) is 4.79 Å². The quantitative estimate of drug-likeness (QED) is 0.549. The van der Waals surface area contributed by atoms with Crippen LogP contribution in [0.1, 0.15) is 0 Å². The van der Waals surface area contributed by atoms with E-state index in [-0.39, 0.29) is 12.3 Å². The van der Waals surface area contributed by atoms with Gasteiger partial charge in [-0.1, -0.05) is 6.07 Å². The smallest absolute Gasteiger partial charge is 0.232 e. The maximum absolute atomic E-state index is 11.8. The number of nitrogens with two attached hydrogens (primary N) is 2. The average Bonchev–Trinajstić information content (AvgIpc) is 2.27. The largest absolute Gasteiger partial charge is 0.399 e. The summed E-state index contributed by atoms with van der Waals surface area (Å²) in [5.74, 6) is -0.347. The van der Waals surface area contributed by atoms with Crippen molar-refractivity contribution in [1.29, 1.82) is 0 Å². The Hall–Kier alpha value is -1.25. The molecule has 0 fully saturated rings. The number of rotatable bonds is 7. The van der Waals surface area contributed by atoms with E-state index in [1.165, 1.54) is 18.8 Å². The van der Waals surface area contributed by atoms with Crippen LogP contribution >= 0.6 is 11.8 Å². The third-order valence-corrected chi connectivity index (χ3v) is 5.37. The van der Waals surface area contributed by atoms with Crippen molar-refractivity contribution in [3.63, 3.8) is 0 Å². The van der Waals surface area contributed by atoms with Gasteiger partial charge in [-0.25, -0.2) is 8.42 Å². The summed E-state index contributed by atoms with van der Waals surface area (Å²) in [6.45, 7) is -0.300. The predicted molar refractivity (Wildman–Crippen MR) is 77.2 cm³/mol. The molecular weight excluding hydrogens is 286 g/mol. The molecule has 19 heavy (non-hydrogen) atoms. The maximum Gasteiger partial charge on any atom is 0.232 e. The van der Waals surface area contributed by atoms with Gasteiger partial charge in [0.2, 0.25) is 15.9 Å². The van der Waals surface area contributed by atoms with Gasteiger partial charge in [-0.05, 0) is 18.2 Å². The molecule has 8 heteroatoms. The maximum atomic E-state index is 11.8. The zero-order valence-corrected chi connectivity index (χ0v) is 12.2. The summed E-state index contributed by atoms with van der Waals surface area (Å²) in [4.78, 5) is 11.6. The van der Waals surface area contributed by atoms with Gasteiger partial charge in [0.25, 0.3) is 0 Å². The monoisotopic (exact) mass is 303 g/mol. The zero-order valence-electron chi connectivity index (χ0n) is 10.6. The molecule has 0 unspecified atom stereocenters. The fourth-order valence-corrected chi connectivity index (χ4v) is 3.78. The third kappa shape index (κ3) is 5.50. The molecule has 1 aromatic carbocycles. The molecule has 1 rings (SSSR count). The summed E-state index contributed by atoms with van der Waals surface area (Å²) in [5.41, 5.74) is 11.2. The average molecular weight is 303 g/mol. The number of carbonyl (C=O) groups is 1. The van der Waals surface area contributed by atoms with E-state index in [4.69, 9.17) is 11.5 Å². The zero-order chi connectivity index (χ0) is 14.5. The number of nitrogen functional groups attached to an aromatic ring is 1. The highest BCUT2D eigenvalue weighted by atomic mass is 32.2. The van der Waals surface area contributed by atoms with E-state index in [2.05, 4.69) is 0 Å². The van der Waals surface area contributed by atoms with Crippen molar-refractivity contribution in [3.05, 3.63) is 24.3 Å². The number of hydrogen-bond acceptors (Lipinski definition) is 5. The van der Waals surface area contributed by atoms with Crippen molar-refractivity contribution in [2.45, 2.75) is 4.90 Å². The van der Waals surface area contributed by atoms with Gasteiger partial charge >= 0.3 is 0 Å². The summed E-state index contributed by atoms with van der Waals surface area (Å²) >= 11 is 1.40. The first-order chi connectivity index (χ1) is 8.81. The van der Waals surface area contributed by atoms with Crippen LogP contribution in [0.3, 0.4) is 0 Å². The minimum atomic E-state index is -3.46. The number of thioether (sulfide) groups is 1. The van der Waals surface area contributed by atoms with Crippen molar-refractivity contribution < 1.29 is 13.2 Å². The Morgan fingerprint density at radius 3 is 2.68 bits per heavy atom. The number of carbonyl (C=O) groups excluding carboxylic acids is 1. The Morgan fingerprint density at radius 2 is 2.11 bits per heavy atom. The van der Waals surface area contributed by atoms with E-state index in [1.54, 1.807) is 12.1 Å². The minimum absolute atomic E-state index is 0.0593. The highest BCUT2D eigenvalue weighted by Crippen LogP contribution is 2.20. The molecule has 4 N–H and O–H groups in total. The van der Waals surface area contributed by atoms with Crippen molar-refractivity contribution in [1.82, 2.24) is 4.31 Å². The Balaban J connectivity index is 2.50. The second-order valence-electron chi connectivity index (χ2n) is 3.96. The summed E-state index contributed by atoms with van der Waals surface area (Å²) in [6.07, 6.45) is 0. The second kappa shape index (κ2) is 6.78. The molecule has 0 bridgehead atoms. The van der Waals surface area contributed by atoms with Crippen LogP contribution in [0.25, 0.3) is 0 Å². The lowest BCUT2D eigenvalue weighted by Crippen LogP contribution is -2.37. The van der Waals surface area contributed by atoms with E-state index in [0.29, 0.717) is 11.4 Å². The molecule has 0 heterocycles. The first kappa shape index (κ1) is 15.8. The first-order valence-corrected chi connectivity index (χ1v) is 8.11. The van der Waals surface area contributed by atoms with Gasteiger partial charge < -0.3 is 11.5 Å². The van der Waals surface area contributed by atoms with Crippen LogP contribution in [0.2, 0.25) is 0 Å². The fraction of sp³-hybridized carbons (Fsp3) is 0.364. The highest BCUT2D eigenvalue weighted by Gasteiger charge is 2.19. The van der Waals surface area contributed by atoms with E-state index < -0.39 is 15.9 Å². The SMILES string of the molecule is CN(CC(N)=O)S(=O)(=O)CCSc1cccc(N)c1.